The van der Waals surface area contributed by atoms with E-state index < -0.39 is 27.4 Å². The van der Waals surface area contributed by atoms with Gasteiger partial charge in [0.2, 0.25) is 15.9 Å². The molecule has 3 aromatic carbocycles. The number of sulfonamides is 1. The molecule has 0 aliphatic heterocycles. The van der Waals surface area contributed by atoms with Gasteiger partial charge in [0, 0.05) is 36.5 Å². The number of nitrogen functional groups attached to an aromatic ring is 1. The van der Waals surface area contributed by atoms with Crippen molar-refractivity contribution in [2.24, 2.45) is 5.14 Å². The maximum absolute atomic E-state index is 12.9. The number of aliphatic hydroxyl groups excluding tert-OH is 1. The third-order valence-electron chi connectivity index (χ3n) is 7.71. The number of nitrogens with zero attached hydrogens (tertiary/aromatic N) is 1. The highest BCUT2D eigenvalue weighted by Gasteiger charge is 2.26. The predicted molar refractivity (Wildman–Crippen MR) is 182 cm³/mol. The number of nitrogens with one attached hydrogen (secondary N) is 3. The highest BCUT2D eigenvalue weighted by Crippen LogP contribution is 2.20. The van der Waals surface area contributed by atoms with Crippen LogP contribution in [0.1, 0.15) is 69.1 Å². The molecule has 0 saturated heterocycles. The van der Waals surface area contributed by atoms with E-state index in [-0.39, 0.29) is 30.5 Å². The number of hydrogen-bond donors (Lipinski definition) is 6. The SMILES string of the molecule is CCc1cccc(C(NC(=O)c2ccc(CNC(=O)Cc3cccc(C[C@@H](C)NC[C@H](O)c4ccc(N)nc4)c3)cc2)S(N)(=O)=O)c1. The van der Waals surface area contributed by atoms with Crippen molar-refractivity contribution in [1.82, 2.24) is 20.9 Å². The third-order valence-corrected chi connectivity index (χ3v) is 8.76. The lowest BCUT2D eigenvalue weighted by Crippen LogP contribution is -2.37. The van der Waals surface area contributed by atoms with Gasteiger partial charge in [0.15, 0.2) is 5.37 Å². The number of benzene rings is 3. The second-order valence-electron chi connectivity index (χ2n) is 11.6. The maximum atomic E-state index is 12.9. The summed E-state index contributed by atoms with van der Waals surface area (Å²) in [5, 5.41) is 23.3. The molecule has 4 rings (SSSR count). The van der Waals surface area contributed by atoms with Gasteiger partial charge in [-0.25, -0.2) is 18.5 Å². The van der Waals surface area contributed by atoms with Gasteiger partial charge in [0.05, 0.1) is 12.5 Å². The third kappa shape index (κ3) is 10.7. The zero-order valence-electron chi connectivity index (χ0n) is 26.5. The minimum Gasteiger partial charge on any atom is -0.387 e. The first kappa shape index (κ1) is 35.2. The highest BCUT2D eigenvalue weighted by molar-refractivity contribution is 7.89. The van der Waals surface area contributed by atoms with Crippen LogP contribution in [0.2, 0.25) is 0 Å². The molecule has 8 N–H and O–H groups in total. The molecule has 0 fully saturated rings. The van der Waals surface area contributed by atoms with Crippen LogP contribution in [0.4, 0.5) is 5.82 Å². The van der Waals surface area contributed by atoms with Crippen LogP contribution >= 0.6 is 0 Å². The quantitative estimate of drug-likeness (QED) is 0.112. The Labute approximate surface area is 275 Å². The normalized spacial score (nSPS) is 13.4. The van der Waals surface area contributed by atoms with Crippen molar-refractivity contribution in [3.8, 4) is 0 Å². The van der Waals surface area contributed by atoms with Crippen LogP contribution in [0.25, 0.3) is 0 Å². The first-order valence-electron chi connectivity index (χ1n) is 15.4. The molecule has 1 aromatic heterocycles. The lowest BCUT2D eigenvalue weighted by Gasteiger charge is -2.18. The lowest BCUT2D eigenvalue weighted by molar-refractivity contribution is -0.120. The van der Waals surface area contributed by atoms with Crippen LogP contribution < -0.4 is 26.8 Å². The number of carbonyl (C=O) groups excluding carboxylic acids is 2. The van der Waals surface area contributed by atoms with Gasteiger partial charge in [0.1, 0.15) is 5.82 Å². The van der Waals surface area contributed by atoms with Gasteiger partial charge in [0.25, 0.3) is 5.91 Å². The van der Waals surface area contributed by atoms with Crippen LogP contribution in [-0.4, -0.2) is 42.9 Å². The number of nitrogens with two attached hydrogens (primary N) is 2. The molecule has 0 aliphatic rings. The molecule has 0 spiro atoms. The average molecular weight is 659 g/mol. The standard InChI is InChI=1S/C35H42N6O5S/c1-3-24-6-5-9-29(18-24)35(47(37,45)46)41-34(44)28-12-10-25(11-13-28)20-40-33(43)19-27-8-4-7-26(17-27)16-23(2)38-22-31(42)30-14-15-32(36)39-21-30/h4-15,17-18,21,23,31,35,38,42H,3,16,19-20,22H2,1-2H3,(H2,36,39)(H,40,43)(H,41,44)(H2,37,45,46)/t23-,31+,35?/m1/s1. The predicted octanol–water partition coefficient (Wildman–Crippen LogP) is 3.06. The molecule has 0 aliphatic carbocycles. The maximum Gasteiger partial charge on any atom is 0.252 e. The monoisotopic (exact) mass is 658 g/mol. The van der Waals surface area contributed by atoms with Gasteiger partial charge in [-0.2, -0.15) is 0 Å². The van der Waals surface area contributed by atoms with E-state index in [2.05, 4.69) is 20.9 Å². The Morgan fingerprint density at radius 2 is 1.60 bits per heavy atom. The van der Waals surface area contributed by atoms with E-state index in [0.717, 1.165) is 22.3 Å². The summed E-state index contributed by atoms with van der Waals surface area (Å²) >= 11 is 0. The molecule has 0 saturated carbocycles. The number of rotatable bonds is 15. The van der Waals surface area contributed by atoms with E-state index in [9.17, 15) is 23.1 Å². The molecule has 12 heteroatoms. The first-order chi connectivity index (χ1) is 22.4. The summed E-state index contributed by atoms with van der Waals surface area (Å²) in [7, 11) is -4.12. The van der Waals surface area contributed by atoms with E-state index in [1.807, 2.05) is 44.2 Å². The summed E-state index contributed by atoms with van der Waals surface area (Å²) in [6.07, 6.45) is 2.49. The largest absolute Gasteiger partial charge is 0.387 e. The molecule has 47 heavy (non-hydrogen) atoms. The average Bonchev–Trinajstić information content (AvgIpc) is 3.05. The van der Waals surface area contributed by atoms with Gasteiger partial charge in [-0.3, -0.25) is 9.59 Å². The summed E-state index contributed by atoms with van der Waals surface area (Å²) < 4.78 is 24.6. The second-order valence-corrected chi connectivity index (χ2v) is 13.2. The Hall–Kier alpha value is -4.62. The van der Waals surface area contributed by atoms with Gasteiger partial charge >= 0.3 is 0 Å². The van der Waals surface area contributed by atoms with Gasteiger partial charge < -0.3 is 26.8 Å². The van der Waals surface area contributed by atoms with Gasteiger partial charge in [-0.05, 0) is 65.8 Å². The number of aliphatic hydroxyl groups is 1. The van der Waals surface area contributed by atoms with E-state index >= 15 is 0 Å². The van der Waals surface area contributed by atoms with Crippen molar-refractivity contribution in [3.63, 3.8) is 0 Å². The van der Waals surface area contributed by atoms with Crippen molar-refractivity contribution in [2.45, 2.75) is 57.2 Å². The number of aryl methyl sites for hydroxylation is 1. The molecular formula is C35H42N6O5S. The number of amides is 2. The first-order valence-corrected chi connectivity index (χ1v) is 17.0. The van der Waals surface area contributed by atoms with Crippen molar-refractivity contribution in [3.05, 3.63) is 130 Å². The fourth-order valence-corrected chi connectivity index (χ4v) is 5.89. The number of anilines is 1. The zero-order valence-corrected chi connectivity index (χ0v) is 27.3. The fourth-order valence-electron chi connectivity index (χ4n) is 5.09. The van der Waals surface area contributed by atoms with E-state index in [0.29, 0.717) is 36.3 Å². The number of pyridine rings is 1. The molecule has 1 heterocycles. The second kappa shape index (κ2) is 16.3. The van der Waals surface area contributed by atoms with Crippen molar-refractivity contribution >= 4 is 27.7 Å². The Kier molecular flexibility index (Phi) is 12.2. The molecule has 0 radical (unpaired) electrons. The molecule has 0 bridgehead atoms. The summed E-state index contributed by atoms with van der Waals surface area (Å²) in [6, 6.07) is 24.8. The topological polar surface area (TPSA) is 190 Å². The van der Waals surface area contributed by atoms with Crippen LogP contribution in [0, 0.1) is 0 Å². The Morgan fingerprint density at radius 3 is 2.28 bits per heavy atom. The van der Waals surface area contributed by atoms with E-state index in [1.165, 1.54) is 0 Å². The number of carbonyl (C=O) groups is 2. The minimum absolute atomic E-state index is 0.0818. The molecule has 3 atom stereocenters. The zero-order chi connectivity index (χ0) is 34.0. The summed E-state index contributed by atoms with van der Waals surface area (Å²) in [5.74, 6) is -0.331. The van der Waals surface area contributed by atoms with E-state index in [4.69, 9.17) is 10.9 Å². The smallest absolute Gasteiger partial charge is 0.252 e. The van der Waals surface area contributed by atoms with Crippen LogP contribution in [0.5, 0.6) is 0 Å². The Balaban J connectivity index is 1.25. The van der Waals surface area contributed by atoms with Crippen LogP contribution in [0.3, 0.4) is 0 Å². The molecule has 248 valence electrons. The molecular weight excluding hydrogens is 616 g/mol. The van der Waals surface area contributed by atoms with Gasteiger partial charge in [-0.15, -0.1) is 0 Å². The summed E-state index contributed by atoms with van der Waals surface area (Å²) in [5.41, 5.74) is 10.6. The number of hydrogen-bond acceptors (Lipinski definition) is 8. The van der Waals surface area contributed by atoms with Crippen LogP contribution in [0.15, 0.2) is 91.1 Å². The van der Waals surface area contributed by atoms with Crippen molar-refractivity contribution in [2.75, 3.05) is 12.3 Å². The summed E-state index contributed by atoms with van der Waals surface area (Å²) in [4.78, 5) is 29.7. The van der Waals surface area contributed by atoms with Crippen LogP contribution in [-0.2, 0) is 40.6 Å². The lowest BCUT2D eigenvalue weighted by atomic mass is 10.0. The van der Waals surface area contributed by atoms with Gasteiger partial charge in [-0.1, -0.05) is 73.7 Å². The minimum atomic E-state index is -4.12. The van der Waals surface area contributed by atoms with E-state index in [1.54, 1.807) is 60.8 Å². The van der Waals surface area contributed by atoms with Crippen molar-refractivity contribution < 1.29 is 23.1 Å². The fraction of sp³-hybridized carbons (Fsp3) is 0.286. The Bertz CT molecular complexity index is 1760. The number of aromatic nitrogens is 1. The molecule has 11 nitrogen and oxygen atoms in total. The highest BCUT2D eigenvalue weighted by atomic mass is 32.2. The Morgan fingerprint density at radius 1 is 0.894 bits per heavy atom. The molecule has 2 amide bonds. The molecule has 1 unspecified atom stereocenters. The summed E-state index contributed by atoms with van der Waals surface area (Å²) in [6.45, 7) is 4.61. The number of primary sulfonamides is 1. The molecule has 4 aromatic rings. The van der Waals surface area contributed by atoms with Crippen molar-refractivity contribution in [1.29, 1.82) is 0 Å².